The van der Waals surface area contributed by atoms with Gasteiger partial charge in [-0.05, 0) is 19.8 Å². The number of hydrogen-bond donors (Lipinski definition) is 1. The van der Waals surface area contributed by atoms with Crippen LogP contribution in [-0.2, 0) is 14.3 Å². The first-order valence-corrected chi connectivity index (χ1v) is 4.85. The minimum Gasteiger partial charge on any atom is -0.465 e. The number of esters is 1. The first-order valence-electron chi connectivity index (χ1n) is 4.85. The van der Waals surface area contributed by atoms with Crippen molar-refractivity contribution in [3.63, 3.8) is 0 Å². The lowest BCUT2D eigenvalue weighted by atomic mass is 10.1. The number of nitrogens with two attached hydrogens (primary N) is 1. The van der Waals surface area contributed by atoms with Gasteiger partial charge in [-0.3, -0.25) is 9.59 Å². The summed E-state index contributed by atoms with van der Waals surface area (Å²) in [5.41, 5.74) is 5.58. The molecule has 6 heteroatoms. The van der Waals surface area contributed by atoms with E-state index in [4.69, 9.17) is 10.5 Å². The highest BCUT2D eigenvalue weighted by Crippen LogP contribution is 2.09. The Labute approximate surface area is 95.3 Å². The Morgan fingerprint density at radius 3 is 2.93 bits per heavy atom. The zero-order chi connectivity index (χ0) is 10.6. The molecule has 0 saturated carbocycles. The Hall–Kier alpha value is -0.810. The first-order chi connectivity index (χ1) is 6.65. The number of ether oxygens (including phenoxy) is 1. The van der Waals surface area contributed by atoms with Gasteiger partial charge in [0, 0.05) is 6.54 Å². The molecule has 1 rings (SSSR count). The monoisotopic (exact) mass is 236 g/mol. The number of amides is 1. The SMILES string of the molecule is CCOC(=O)CN1CCC[C@H](N)C1=O.Cl. The molecule has 0 radical (unpaired) electrons. The second-order valence-electron chi connectivity index (χ2n) is 3.31. The standard InChI is InChI=1S/C9H16N2O3.ClH/c1-2-14-8(12)6-11-5-3-4-7(10)9(11)13;/h7H,2-6,10H2,1H3;1H/t7-;/m0./s1. The van der Waals surface area contributed by atoms with Crippen LogP contribution in [0.1, 0.15) is 19.8 Å². The molecule has 1 fully saturated rings. The lowest BCUT2D eigenvalue weighted by Gasteiger charge is -2.29. The Kier molecular flexibility index (Phi) is 6.27. The van der Waals surface area contributed by atoms with Gasteiger partial charge in [-0.2, -0.15) is 0 Å². The third-order valence-corrected chi connectivity index (χ3v) is 2.20. The molecule has 1 aliphatic heterocycles. The van der Waals surface area contributed by atoms with Crippen LogP contribution in [0, 0.1) is 0 Å². The number of halogens is 1. The maximum absolute atomic E-state index is 11.5. The van der Waals surface area contributed by atoms with Gasteiger partial charge in [0.1, 0.15) is 6.54 Å². The summed E-state index contributed by atoms with van der Waals surface area (Å²) in [5.74, 6) is -0.515. The first kappa shape index (κ1) is 14.2. The molecule has 2 N–H and O–H groups in total. The van der Waals surface area contributed by atoms with Crippen molar-refractivity contribution < 1.29 is 14.3 Å². The molecule has 5 nitrogen and oxygen atoms in total. The van der Waals surface area contributed by atoms with Crippen LogP contribution in [0.5, 0.6) is 0 Å². The Bertz CT molecular complexity index is 235. The highest BCUT2D eigenvalue weighted by atomic mass is 35.5. The quantitative estimate of drug-likeness (QED) is 0.696. The highest BCUT2D eigenvalue weighted by Gasteiger charge is 2.27. The summed E-state index contributed by atoms with van der Waals surface area (Å²) in [7, 11) is 0. The van der Waals surface area contributed by atoms with Gasteiger partial charge in [0.25, 0.3) is 0 Å². The van der Waals surface area contributed by atoms with Gasteiger partial charge < -0.3 is 15.4 Å². The van der Waals surface area contributed by atoms with E-state index in [0.29, 0.717) is 19.6 Å². The molecule has 0 aliphatic carbocycles. The summed E-state index contributed by atoms with van der Waals surface area (Å²) in [6, 6.07) is -0.446. The lowest BCUT2D eigenvalue weighted by molar-refractivity contribution is -0.150. The van der Waals surface area contributed by atoms with E-state index in [1.54, 1.807) is 6.92 Å². The fourth-order valence-electron chi connectivity index (χ4n) is 1.49. The van der Waals surface area contributed by atoms with Crippen LogP contribution < -0.4 is 5.73 Å². The minimum atomic E-state index is -0.446. The molecule has 15 heavy (non-hydrogen) atoms. The van der Waals surface area contributed by atoms with Crippen LogP contribution in [-0.4, -0.2) is 42.5 Å². The van der Waals surface area contributed by atoms with Gasteiger partial charge in [-0.15, -0.1) is 12.4 Å². The maximum atomic E-state index is 11.5. The minimum absolute atomic E-state index is 0. The van der Waals surface area contributed by atoms with E-state index in [1.165, 1.54) is 4.90 Å². The molecular weight excluding hydrogens is 220 g/mol. The molecule has 88 valence electrons. The van der Waals surface area contributed by atoms with Crippen LogP contribution in [0.4, 0.5) is 0 Å². The predicted octanol–water partition coefficient (Wildman–Crippen LogP) is -0.0790. The van der Waals surface area contributed by atoms with Gasteiger partial charge in [-0.1, -0.05) is 0 Å². The number of carbonyl (C=O) groups is 2. The summed E-state index contributed by atoms with van der Waals surface area (Å²) in [6.45, 7) is 2.71. The fraction of sp³-hybridized carbons (Fsp3) is 0.778. The van der Waals surface area contributed by atoms with Crippen LogP contribution in [0.2, 0.25) is 0 Å². The van der Waals surface area contributed by atoms with E-state index < -0.39 is 6.04 Å². The van der Waals surface area contributed by atoms with Crippen LogP contribution in [0.15, 0.2) is 0 Å². The molecule has 1 aliphatic rings. The average Bonchev–Trinajstić information content (AvgIpc) is 2.13. The Morgan fingerprint density at radius 2 is 2.33 bits per heavy atom. The van der Waals surface area contributed by atoms with Gasteiger partial charge in [0.15, 0.2) is 0 Å². The van der Waals surface area contributed by atoms with E-state index in [9.17, 15) is 9.59 Å². The molecule has 0 bridgehead atoms. The van der Waals surface area contributed by atoms with E-state index in [0.717, 1.165) is 6.42 Å². The smallest absolute Gasteiger partial charge is 0.325 e. The molecule has 0 aromatic carbocycles. The number of piperidine rings is 1. The van der Waals surface area contributed by atoms with Gasteiger partial charge in [-0.25, -0.2) is 0 Å². The van der Waals surface area contributed by atoms with Crippen molar-refractivity contribution in [3.05, 3.63) is 0 Å². The van der Waals surface area contributed by atoms with Gasteiger partial charge in [0.05, 0.1) is 12.6 Å². The fourth-order valence-corrected chi connectivity index (χ4v) is 1.49. The molecule has 0 aromatic rings. The summed E-state index contributed by atoms with van der Waals surface area (Å²) < 4.78 is 4.75. The molecule has 1 saturated heterocycles. The van der Waals surface area contributed by atoms with Crippen molar-refractivity contribution in [1.82, 2.24) is 4.90 Å². The largest absolute Gasteiger partial charge is 0.465 e. The van der Waals surface area contributed by atoms with Crippen LogP contribution >= 0.6 is 12.4 Å². The van der Waals surface area contributed by atoms with Crippen LogP contribution in [0.3, 0.4) is 0 Å². The van der Waals surface area contributed by atoms with E-state index in [-0.39, 0.29) is 30.8 Å². The second kappa shape index (κ2) is 6.63. The third kappa shape index (κ3) is 4.05. The number of rotatable bonds is 3. The van der Waals surface area contributed by atoms with Crippen LogP contribution in [0.25, 0.3) is 0 Å². The van der Waals surface area contributed by atoms with Crippen molar-refractivity contribution >= 4 is 24.3 Å². The predicted molar refractivity (Wildman–Crippen MR) is 57.7 cm³/mol. The zero-order valence-electron chi connectivity index (χ0n) is 8.77. The summed E-state index contributed by atoms with van der Waals surface area (Å²) in [6.07, 6.45) is 1.56. The molecule has 0 aromatic heterocycles. The summed E-state index contributed by atoms with van der Waals surface area (Å²) in [4.78, 5) is 24.0. The summed E-state index contributed by atoms with van der Waals surface area (Å²) in [5, 5.41) is 0. The molecule has 1 atom stereocenters. The van der Waals surface area contributed by atoms with Gasteiger partial charge in [0.2, 0.25) is 5.91 Å². The number of carbonyl (C=O) groups excluding carboxylic acids is 2. The van der Waals surface area contributed by atoms with E-state index >= 15 is 0 Å². The number of hydrogen-bond acceptors (Lipinski definition) is 4. The van der Waals surface area contributed by atoms with Crippen molar-refractivity contribution in [2.45, 2.75) is 25.8 Å². The topological polar surface area (TPSA) is 72.6 Å². The molecule has 0 spiro atoms. The summed E-state index contributed by atoms with van der Waals surface area (Å²) >= 11 is 0. The molecule has 1 heterocycles. The zero-order valence-corrected chi connectivity index (χ0v) is 9.59. The highest BCUT2D eigenvalue weighted by molar-refractivity contribution is 5.86. The maximum Gasteiger partial charge on any atom is 0.325 e. The molecular formula is C9H17ClN2O3. The van der Waals surface area contributed by atoms with E-state index in [1.807, 2.05) is 0 Å². The van der Waals surface area contributed by atoms with E-state index in [2.05, 4.69) is 0 Å². The Morgan fingerprint density at radius 1 is 1.67 bits per heavy atom. The lowest BCUT2D eigenvalue weighted by Crippen LogP contribution is -2.50. The molecule has 0 unspecified atom stereocenters. The van der Waals surface area contributed by atoms with Crippen molar-refractivity contribution in [2.75, 3.05) is 19.7 Å². The number of nitrogens with zero attached hydrogens (tertiary/aromatic N) is 1. The third-order valence-electron chi connectivity index (χ3n) is 2.20. The average molecular weight is 237 g/mol. The normalized spacial score (nSPS) is 20.8. The van der Waals surface area contributed by atoms with Crippen molar-refractivity contribution in [3.8, 4) is 0 Å². The number of likely N-dealkylation sites (tertiary alicyclic amines) is 1. The Balaban J connectivity index is 0.00000196. The van der Waals surface area contributed by atoms with Gasteiger partial charge >= 0.3 is 5.97 Å². The van der Waals surface area contributed by atoms with Crippen molar-refractivity contribution in [1.29, 1.82) is 0 Å². The van der Waals surface area contributed by atoms with Crippen molar-refractivity contribution in [2.24, 2.45) is 5.73 Å². The second-order valence-corrected chi connectivity index (χ2v) is 3.31. The molecule has 1 amide bonds.